The van der Waals surface area contributed by atoms with Gasteiger partial charge in [-0.05, 0) is 6.92 Å². The lowest BCUT2D eigenvalue weighted by Gasteiger charge is -2.10. The van der Waals surface area contributed by atoms with Crippen LogP contribution in [0.4, 0.5) is 0 Å². The van der Waals surface area contributed by atoms with Crippen molar-refractivity contribution in [2.45, 2.75) is 20.0 Å². The summed E-state index contributed by atoms with van der Waals surface area (Å²) in [5.41, 5.74) is 1.45. The Morgan fingerprint density at radius 1 is 1.56 bits per heavy atom. The van der Waals surface area contributed by atoms with Crippen LogP contribution in [0.15, 0.2) is 0 Å². The molecular weight excluding hydrogens is 122 g/mol. The van der Waals surface area contributed by atoms with Crippen molar-refractivity contribution in [2.24, 2.45) is 5.92 Å². The molecule has 0 aliphatic heterocycles. The summed E-state index contributed by atoms with van der Waals surface area (Å²) in [6, 6.07) is 0. The summed E-state index contributed by atoms with van der Waals surface area (Å²) >= 11 is 0. The highest BCUT2D eigenvalue weighted by Crippen LogP contribution is 1.99. The molecule has 0 spiro atoms. The van der Waals surface area contributed by atoms with E-state index in [4.69, 9.17) is 10.3 Å². The number of carbonyl (C=O) groups excluding carboxylic acids is 1. The number of amides is 1. The maximum atomic E-state index is 10.4. The van der Waals surface area contributed by atoms with E-state index in [2.05, 4.69) is 0 Å². The second-order valence-corrected chi connectivity index (χ2v) is 2.01. The second kappa shape index (κ2) is 3.42. The lowest BCUT2D eigenvalue weighted by Crippen LogP contribution is -2.32. The largest absolute Gasteiger partial charge is 0.393 e. The third-order valence-corrected chi connectivity index (χ3v) is 1.25. The van der Waals surface area contributed by atoms with Crippen LogP contribution in [0, 0.1) is 5.92 Å². The van der Waals surface area contributed by atoms with Crippen LogP contribution >= 0.6 is 0 Å². The molecule has 0 saturated carbocycles. The Morgan fingerprint density at radius 2 is 2.00 bits per heavy atom. The summed E-state index contributed by atoms with van der Waals surface area (Å²) in [5.74, 6) is -1.13. The van der Waals surface area contributed by atoms with E-state index in [1.54, 1.807) is 0 Å². The fraction of sp³-hybridized carbons (Fsp3) is 0.800. The minimum absolute atomic E-state index is 0.560. The van der Waals surface area contributed by atoms with E-state index in [-0.39, 0.29) is 0 Å². The molecule has 3 N–H and O–H groups in total. The van der Waals surface area contributed by atoms with Crippen molar-refractivity contribution in [3.8, 4) is 0 Å². The maximum absolute atomic E-state index is 10.4. The lowest BCUT2D eigenvalue weighted by molar-refractivity contribution is -0.135. The first-order valence-electron chi connectivity index (χ1n) is 2.71. The molecule has 1 amide bonds. The second-order valence-electron chi connectivity index (χ2n) is 2.01. The van der Waals surface area contributed by atoms with Crippen molar-refractivity contribution >= 4 is 5.91 Å². The first kappa shape index (κ1) is 8.39. The Morgan fingerprint density at radius 3 is 2.11 bits per heavy atom. The Hall–Kier alpha value is -0.610. The van der Waals surface area contributed by atoms with E-state index in [0.29, 0.717) is 0 Å². The first-order valence-corrected chi connectivity index (χ1v) is 2.71. The zero-order valence-corrected chi connectivity index (χ0v) is 5.46. The number of aliphatic hydroxyl groups excluding tert-OH is 1. The Labute approximate surface area is 53.5 Å². The van der Waals surface area contributed by atoms with Crippen LogP contribution in [0.1, 0.15) is 13.8 Å². The van der Waals surface area contributed by atoms with E-state index in [1.165, 1.54) is 19.3 Å². The minimum atomic E-state index is -0.725. The number of aliphatic hydroxyl groups is 1. The van der Waals surface area contributed by atoms with Crippen molar-refractivity contribution < 1.29 is 15.1 Å². The van der Waals surface area contributed by atoms with Gasteiger partial charge in [0.25, 0.3) is 0 Å². The summed E-state index contributed by atoms with van der Waals surface area (Å²) in [5, 5.41) is 16.8. The highest BCUT2D eigenvalue weighted by molar-refractivity contribution is 5.77. The van der Waals surface area contributed by atoms with E-state index < -0.39 is 17.9 Å². The van der Waals surface area contributed by atoms with Gasteiger partial charge in [-0.2, -0.15) is 0 Å². The van der Waals surface area contributed by atoms with E-state index in [1.807, 2.05) is 0 Å². The molecule has 0 fully saturated rings. The molecule has 0 aromatic carbocycles. The van der Waals surface area contributed by atoms with Crippen molar-refractivity contribution in [3.63, 3.8) is 0 Å². The number of hydrogen-bond acceptors (Lipinski definition) is 3. The fourth-order valence-corrected chi connectivity index (χ4v) is 0.321. The molecule has 4 nitrogen and oxygen atoms in total. The molecule has 54 valence electrons. The van der Waals surface area contributed by atoms with Gasteiger partial charge in [-0.15, -0.1) is 0 Å². The molecule has 9 heavy (non-hydrogen) atoms. The summed E-state index contributed by atoms with van der Waals surface area (Å²) in [4.78, 5) is 10.4. The van der Waals surface area contributed by atoms with Gasteiger partial charge in [0.15, 0.2) is 0 Å². The van der Waals surface area contributed by atoms with Crippen LogP contribution in [0.3, 0.4) is 0 Å². The molecule has 0 bridgehead atoms. The van der Waals surface area contributed by atoms with Crippen molar-refractivity contribution in [2.75, 3.05) is 0 Å². The zero-order chi connectivity index (χ0) is 7.44. The average molecular weight is 133 g/mol. The molecule has 0 aliphatic rings. The van der Waals surface area contributed by atoms with Crippen LogP contribution in [0.5, 0.6) is 0 Å². The predicted molar refractivity (Wildman–Crippen MR) is 30.8 cm³/mol. The zero-order valence-electron chi connectivity index (χ0n) is 5.46. The van der Waals surface area contributed by atoms with Crippen molar-refractivity contribution in [1.82, 2.24) is 5.48 Å². The van der Waals surface area contributed by atoms with Crippen LogP contribution < -0.4 is 5.48 Å². The number of nitrogens with one attached hydrogen (secondary N) is 1. The van der Waals surface area contributed by atoms with E-state index in [9.17, 15) is 4.79 Å². The first-order chi connectivity index (χ1) is 4.09. The molecule has 0 radical (unpaired) electrons. The summed E-state index contributed by atoms with van der Waals surface area (Å²) < 4.78 is 0. The Balaban J connectivity index is 3.72. The van der Waals surface area contributed by atoms with Gasteiger partial charge < -0.3 is 5.11 Å². The standard InChI is InChI=1S/C5H11NO3/c1-3(4(2)7)5(8)6-9/h3-4,7,9H,1-2H3,(H,6,8)/t3-,4+/m1/s1. The van der Waals surface area contributed by atoms with Crippen LogP contribution in [-0.4, -0.2) is 22.3 Å². The molecule has 0 aromatic rings. The monoisotopic (exact) mass is 133 g/mol. The Kier molecular flexibility index (Phi) is 3.19. The molecule has 0 unspecified atom stereocenters. The maximum Gasteiger partial charge on any atom is 0.248 e. The normalized spacial score (nSPS) is 16.4. The SMILES string of the molecule is C[C@H](O)[C@@H](C)C(=O)NO. The molecule has 0 saturated heterocycles. The molecule has 0 rings (SSSR count). The smallest absolute Gasteiger partial charge is 0.248 e. The van der Waals surface area contributed by atoms with Crippen molar-refractivity contribution in [3.05, 3.63) is 0 Å². The third kappa shape index (κ3) is 2.43. The van der Waals surface area contributed by atoms with Crippen LogP contribution in [0.25, 0.3) is 0 Å². The molecule has 0 aliphatic carbocycles. The molecule has 0 heterocycles. The van der Waals surface area contributed by atoms with Crippen LogP contribution in [-0.2, 0) is 4.79 Å². The van der Waals surface area contributed by atoms with Gasteiger partial charge in [-0.1, -0.05) is 6.92 Å². The van der Waals surface area contributed by atoms with Crippen LogP contribution in [0.2, 0.25) is 0 Å². The van der Waals surface area contributed by atoms with Gasteiger partial charge in [0.1, 0.15) is 0 Å². The van der Waals surface area contributed by atoms with Gasteiger partial charge in [0.2, 0.25) is 5.91 Å². The highest BCUT2D eigenvalue weighted by Gasteiger charge is 2.16. The third-order valence-electron chi connectivity index (χ3n) is 1.25. The molecule has 4 heteroatoms. The number of carbonyl (C=O) groups is 1. The van der Waals surface area contributed by atoms with Gasteiger partial charge >= 0.3 is 0 Å². The van der Waals surface area contributed by atoms with Crippen molar-refractivity contribution in [1.29, 1.82) is 0 Å². The number of hydroxylamine groups is 1. The Bertz CT molecular complexity index is 102. The molecule has 0 aromatic heterocycles. The summed E-state index contributed by atoms with van der Waals surface area (Å²) in [6.07, 6.45) is -0.725. The molecular formula is C5H11NO3. The van der Waals surface area contributed by atoms with E-state index in [0.717, 1.165) is 0 Å². The number of rotatable bonds is 2. The lowest BCUT2D eigenvalue weighted by atomic mass is 10.1. The number of hydrogen-bond donors (Lipinski definition) is 3. The summed E-state index contributed by atoms with van der Waals surface area (Å²) in [7, 11) is 0. The van der Waals surface area contributed by atoms with Gasteiger partial charge in [-0.3, -0.25) is 10.0 Å². The van der Waals surface area contributed by atoms with E-state index >= 15 is 0 Å². The average Bonchev–Trinajstić information content (AvgIpc) is 1.84. The van der Waals surface area contributed by atoms with Gasteiger partial charge in [-0.25, -0.2) is 5.48 Å². The summed E-state index contributed by atoms with van der Waals surface area (Å²) in [6.45, 7) is 3.01. The minimum Gasteiger partial charge on any atom is -0.393 e. The topological polar surface area (TPSA) is 69.6 Å². The highest BCUT2D eigenvalue weighted by atomic mass is 16.5. The fourth-order valence-electron chi connectivity index (χ4n) is 0.321. The van der Waals surface area contributed by atoms with Gasteiger partial charge in [0, 0.05) is 0 Å². The quantitative estimate of drug-likeness (QED) is 0.351. The molecule has 2 atom stereocenters. The predicted octanol–water partition coefficient (Wildman–Crippen LogP) is -0.491. The van der Waals surface area contributed by atoms with Gasteiger partial charge in [0.05, 0.1) is 12.0 Å².